The summed E-state index contributed by atoms with van der Waals surface area (Å²) in [5.41, 5.74) is 1.89. The SMILES string of the molecule is COc1ccc(N2N=C3CCCCCC3C2=O)cc1. The van der Waals surface area contributed by atoms with Crippen LogP contribution in [0.2, 0.25) is 0 Å². The second-order valence-corrected chi connectivity index (χ2v) is 5.09. The van der Waals surface area contributed by atoms with Gasteiger partial charge >= 0.3 is 0 Å². The minimum atomic E-state index is 0.0181. The third kappa shape index (κ3) is 2.23. The van der Waals surface area contributed by atoms with E-state index in [1.165, 1.54) is 6.42 Å². The zero-order valence-corrected chi connectivity index (χ0v) is 11.1. The van der Waals surface area contributed by atoms with Crippen LogP contribution in [0.25, 0.3) is 0 Å². The van der Waals surface area contributed by atoms with Gasteiger partial charge in [-0.05, 0) is 43.5 Å². The van der Waals surface area contributed by atoms with E-state index in [2.05, 4.69) is 5.10 Å². The monoisotopic (exact) mass is 258 g/mol. The first-order chi connectivity index (χ1) is 9.29. The van der Waals surface area contributed by atoms with Gasteiger partial charge in [-0.1, -0.05) is 12.8 Å². The van der Waals surface area contributed by atoms with E-state index in [-0.39, 0.29) is 11.8 Å². The molecule has 1 atom stereocenters. The molecule has 1 aliphatic carbocycles. The first-order valence-electron chi connectivity index (χ1n) is 6.85. The summed E-state index contributed by atoms with van der Waals surface area (Å²) in [6, 6.07) is 7.48. The van der Waals surface area contributed by atoms with Crippen molar-refractivity contribution in [2.75, 3.05) is 12.1 Å². The molecule has 0 aromatic heterocycles. The Hall–Kier alpha value is -1.84. The molecule has 1 aliphatic heterocycles. The Bertz CT molecular complexity index is 507. The zero-order valence-electron chi connectivity index (χ0n) is 11.1. The highest BCUT2D eigenvalue weighted by atomic mass is 16.5. The van der Waals surface area contributed by atoms with Crippen LogP contribution in [0.1, 0.15) is 32.1 Å². The van der Waals surface area contributed by atoms with Crippen molar-refractivity contribution in [2.45, 2.75) is 32.1 Å². The van der Waals surface area contributed by atoms with Gasteiger partial charge in [-0.15, -0.1) is 0 Å². The number of benzene rings is 1. The molecule has 2 aliphatic rings. The van der Waals surface area contributed by atoms with Crippen molar-refractivity contribution in [3.63, 3.8) is 0 Å². The molecule has 3 rings (SSSR count). The first-order valence-corrected chi connectivity index (χ1v) is 6.85. The lowest BCUT2D eigenvalue weighted by atomic mass is 9.98. The maximum absolute atomic E-state index is 12.4. The summed E-state index contributed by atoms with van der Waals surface area (Å²) in [5.74, 6) is 0.934. The van der Waals surface area contributed by atoms with Gasteiger partial charge in [-0.3, -0.25) is 4.79 Å². The van der Waals surface area contributed by atoms with Gasteiger partial charge in [0.05, 0.1) is 24.4 Å². The highest BCUT2D eigenvalue weighted by Crippen LogP contribution is 2.31. The van der Waals surface area contributed by atoms with Gasteiger partial charge in [-0.2, -0.15) is 5.10 Å². The molecular formula is C15H18N2O2. The predicted molar refractivity (Wildman–Crippen MR) is 74.5 cm³/mol. The van der Waals surface area contributed by atoms with Gasteiger partial charge in [0.15, 0.2) is 0 Å². The number of methoxy groups -OCH3 is 1. The van der Waals surface area contributed by atoms with Crippen LogP contribution in [0.5, 0.6) is 5.75 Å². The number of fused-ring (bicyclic) bond motifs is 1. The highest BCUT2D eigenvalue weighted by Gasteiger charge is 2.36. The molecule has 1 unspecified atom stereocenters. The number of hydrogen-bond donors (Lipinski definition) is 0. The fraction of sp³-hybridized carbons (Fsp3) is 0.467. The summed E-state index contributed by atoms with van der Waals surface area (Å²) in [7, 11) is 1.63. The smallest absolute Gasteiger partial charge is 0.256 e. The van der Waals surface area contributed by atoms with Crippen LogP contribution in [0.3, 0.4) is 0 Å². The molecule has 1 saturated carbocycles. The van der Waals surface area contributed by atoms with Crippen LogP contribution in [-0.2, 0) is 4.79 Å². The van der Waals surface area contributed by atoms with Crippen LogP contribution in [0, 0.1) is 5.92 Å². The summed E-state index contributed by atoms with van der Waals surface area (Å²) in [5, 5.41) is 6.10. The van der Waals surface area contributed by atoms with E-state index >= 15 is 0 Å². The Kier molecular flexibility index (Phi) is 3.23. The number of rotatable bonds is 2. The molecule has 1 amide bonds. The van der Waals surface area contributed by atoms with Crippen molar-refractivity contribution in [1.82, 2.24) is 0 Å². The summed E-state index contributed by atoms with van der Waals surface area (Å²) < 4.78 is 5.13. The Morgan fingerprint density at radius 3 is 2.74 bits per heavy atom. The topological polar surface area (TPSA) is 41.9 Å². The minimum absolute atomic E-state index is 0.0181. The average molecular weight is 258 g/mol. The quantitative estimate of drug-likeness (QED) is 0.818. The standard InChI is InChI=1S/C15H18N2O2/c1-19-12-9-7-11(8-10-12)17-15(18)13-5-3-2-4-6-14(13)16-17/h7-10,13H,2-6H2,1H3. The largest absolute Gasteiger partial charge is 0.497 e. The fourth-order valence-corrected chi connectivity index (χ4v) is 2.79. The molecule has 1 aromatic carbocycles. The second kappa shape index (κ2) is 5.03. The number of amides is 1. The van der Waals surface area contributed by atoms with Gasteiger partial charge in [0.25, 0.3) is 5.91 Å². The van der Waals surface area contributed by atoms with E-state index in [0.717, 1.165) is 42.8 Å². The van der Waals surface area contributed by atoms with Gasteiger partial charge in [0.1, 0.15) is 5.75 Å². The number of ether oxygens (including phenoxy) is 1. The van der Waals surface area contributed by atoms with Crippen molar-refractivity contribution in [2.24, 2.45) is 11.0 Å². The Labute approximate surface area is 113 Å². The van der Waals surface area contributed by atoms with Gasteiger partial charge in [0, 0.05) is 0 Å². The van der Waals surface area contributed by atoms with E-state index in [4.69, 9.17) is 4.74 Å². The molecule has 4 nitrogen and oxygen atoms in total. The first kappa shape index (κ1) is 12.2. The molecule has 1 heterocycles. The number of hydrazone groups is 1. The van der Waals surface area contributed by atoms with Crippen molar-refractivity contribution in [1.29, 1.82) is 0 Å². The van der Waals surface area contributed by atoms with Crippen molar-refractivity contribution in [3.8, 4) is 5.75 Å². The van der Waals surface area contributed by atoms with Crippen LogP contribution in [0.15, 0.2) is 29.4 Å². The van der Waals surface area contributed by atoms with Gasteiger partial charge < -0.3 is 4.74 Å². The van der Waals surface area contributed by atoms with E-state index < -0.39 is 0 Å². The highest BCUT2D eigenvalue weighted by molar-refractivity contribution is 6.15. The third-order valence-corrected chi connectivity index (χ3v) is 3.88. The molecular weight excluding hydrogens is 240 g/mol. The number of carbonyl (C=O) groups is 1. The summed E-state index contributed by atoms with van der Waals surface area (Å²) in [6.45, 7) is 0. The lowest BCUT2D eigenvalue weighted by Crippen LogP contribution is -2.26. The molecule has 4 heteroatoms. The molecule has 0 N–H and O–H groups in total. The van der Waals surface area contributed by atoms with Crippen LogP contribution >= 0.6 is 0 Å². The van der Waals surface area contributed by atoms with E-state index in [0.29, 0.717) is 0 Å². The maximum Gasteiger partial charge on any atom is 0.256 e. The Morgan fingerprint density at radius 2 is 2.00 bits per heavy atom. The zero-order chi connectivity index (χ0) is 13.2. The Balaban J connectivity index is 1.86. The molecule has 1 fully saturated rings. The van der Waals surface area contributed by atoms with Crippen LogP contribution in [-0.4, -0.2) is 18.7 Å². The fourth-order valence-electron chi connectivity index (χ4n) is 2.79. The number of hydrogen-bond acceptors (Lipinski definition) is 3. The molecule has 0 saturated heterocycles. The second-order valence-electron chi connectivity index (χ2n) is 5.09. The molecule has 19 heavy (non-hydrogen) atoms. The lowest BCUT2D eigenvalue weighted by molar-refractivity contribution is -0.119. The number of carbonyl (C=O) groups excluding carboxylic acids is 1. The van der Waals surface area contributed by atoms with Crippen molar-refractivity contribution >= 4 is 17.3 Å². The van der Waals surface area contributed by atoms with Gasteiger partial charge in [0.2, 0.25) is 0 Å². The van der Waals surface area contributed by atoms with Gasteiger partial charge in [-0.25, -0.2) is 5.01 Å². The van der Waals surface area contributed by atoms with Crippen LogP contribution in [0.4, 0.5) is 5.69 Å². The molecule has 0 spiro atoms. The molecule has 0 radical (unpaired) electrons. The average Bonchev–Trinajstić information content (AvgIpc) is 2.64. The lowest BCUT2D eigenvalue weighted by Gasteiger charge is -2.14. The number of nitrogens with zero attached hydrogens (tertiary/aromatic N) is 2. The van der Waals surface area contributed by atoms with E-state index in [1.807, 2.05) is 24.3 Å². The normalized spacial score (nSPS) is 22.8. The molecule has 1 aromatic rings. The van der Waals surface area contributed by atoms with E-state index in [1.54, 1.807) is 12.1 Å². The summed E-state index contributed by atoms with van der Waals surface area (Å²) in [4.78, 5) is 12.4. The van der Waals surface area contributed by atoms with Crippen LogP contribution < -0.4 is 9.75 Å². The van der Waals surface area contributed by atoms with Crippen molar-refractivity contribution < 1.29 is 9.53 Å². The predicted octanol–water partition coefficient (Wildman–Crippen LogP) is 2.98. The summed E-state index contributed by atoms with van der Waals surface area (Å²) in [6.07, 6.45) is 5.41. The van der Waals surface area contributed by atoms with Crippen molar-refractivity contribution in [3.05, 3.63) is 24.3 Å². The summed E-state index contributed by atoms with van der Waals surface area (Å²) >= 11 is 0. The molecule has 0 bridgehead atoms. The third-order valence-electron chi connectivity index (χ3n) is 3.88. The minimum Gasteiger partial charge on any atom is -0.497 e. The maximum atomic E-state index is 12.4. The number of anilines is 1. The Morgan fingerprint density at radius 1 is 1.21 bits per heavy atom. The molecule has 100 valence electrons. The van der Waals surface area contributed by atoms with E-state index in [9.17, 15) is 4.79 Å².